The number of aryl methyl sites for hydroxylation is 1. The van der Waals surface area contributed by atoms with E-state index in [2.05, 4.69) is 11.9 Å². The van der Waals surface area contributed by atoms with Crippen LogP contribution in [-0.2, 0) is 0 Å². The molecule has 0 unspecified atom stereocenters. The largest absolute Gasteiger partial charge is 0.478 e. The zero-order valence-corrected chi connectivity index (χ0v) is 10.9. The normalized spacial score (nSPS) is 10.6. The summed E-state index contributed by atoms with van der Waals surface area (Å²) in [4.78, 5) is 17.6. The molecule has 0 atom stereocenters. The van der Waals surface area contributed by atoms with Crippen LogP contribution in [0.25, 0.3) is 0 Å². The molecule has 1 aromatic rings. The summed E-state index contributed by atoms with van der Waals surface area (Å²) >= 11 is 0. The second-order valence-electron chi connectivity index (χ2n) is 4.42. The van der Waals surface area contributed by atoms with E-state index in [1.165, 1.54) is 0 Å². The van der Waals surface area contributed by atoms with Gasteiger partial charge in [-0.2, -0.15) is 0 Å². The predicted octanol–water partition coefficient (Wildman–Crippen LogP) is 2.71. The van der Waals surface area contributed by atoms with Crippen molar-refractivity contribution in [3.8, 4) is 0 Å². The Bertz CT molecular complexity index is 402. The number of rotatable bonds is 5. The number of hydrogen-bond acceptors (Lipinski definition) is 3. The Hall–Kier alpha value is -1.58. The maximum absolute atomic E-state index is 11.3. The molecule has 1 aromatic heterocycles. The first-order valence-corrected chi connectivity index (χ1v) is 5.94. The molecular formula is C13H20N2O2. The van der Waals surface area contributed by atoms with E-state index in [-0.39, 0.29) is 6.04 Å². The number of pyridine rings is 1. The van der Waals surface area contributed by atoms with Crippen LogP contribution in [0.3, 0.4) is 0 Å². The first kappa shape index (κ1) is 13.5. The quantitative estimate of drug-likeness (QED) is 0.854. The number of carbonyl (C=O) groups is 1. The van der Waals surface area contributed by atoms with E-state index < -0.39 is 5.97 Å². The fraction of sp³-hybridized carbons (Fsp3) is 0.538. The molecule has 0 aliphatic heterocycles. The van der Waals surface area contributed by atoms with Gasteiger partial charge in [0.2, 0.25) is 0 Å². The molecule has 0 fully saturated rings. The molecule has 1 rings (SSSR count). The number of carboxylic acids is 1. The minimum absolute atomic E-state index is 0.238. The van der Waals surface area contributed by atoms with Crippen molar-refractivity contribution in [2.45, 2.75) is 40.2 Å². The van der Waals surface area contributed by atoms with Crippen molar-refractivity contribution in [1.29, 1.82) is 0 Å². The van der Waals surface area contributed by atoms with Crippen molar-refractivity contribution >= 4 is 11.8 Å². The smallest absolute Gasteiger partial charge is 0.339 e. The van der Waals surface area contributed by atoms with Crippen LogP contribution in [0.2, 0.25) is 0 Å². The van der Waals surface area contributed by atoms with Gasteiger partial charge in [-0.15, -0.1) is 0 Å². The Morgan fingerprint density at radius 2 is 2.18 bits per heavy atom. The van der Waals surface area contributed by atoms with Crippen molar-refractivity contribution in [2.24, 2.45) is 0 Å². The lowest BCUT2D eigenvalue weighted by molar-refractivity contribution is 0.0696. The SMILES string of the molecule is CCCN(c1nccc(C)c1C(=O)O)C(C)C. The summed E-state index contributed by atoms with van der Waals surface area (Å²) in [5, 5.41) is 9.28. The molecule has 4 heteroatoms. The van der Waals surface area contributed by atoms with Crippen molar-refractivity contribution in [1.82, 2.24) is 4.98 Å². The van der Waals surface area contributed by atoms with E-state index in [0.717, 1.165) is 18.5 Å². The highest BCUT2D eigenvalue weighted by atomic mass is 16.4. The van der Waals surface area contributed by atoms with Crippen molar-refractivity contribution in [3.63, 3.8) is 0 Å². The second-order valence-corrected chi connectivity index (χ2v) is 4.42. The minimum atomic E-state index is -0.910. The van der Waals surface area contributed by atoms with E-state index in [1.807, 2.05) is 18.7 Å². The summed E-state index contributed by atoms with van der Waals surface area (Å²) in [6.45, 7) is 8.79. The summed E-state index contributed by atoms with van der Waals surface area (Å²) in [6, 6.07) is 1.97. The standard InChI is InChI=1S/C13H20N2O2/c1-5-8-15(9(2)3)12-11(13(16)17)10(4)6-7-14-12/h6-7,9H,5,8H2,1-4H3,(H,16,17). The molecule has 0 saturated carbocycles. The van der Waals surface area contributed by atoms with Crippen LogP contribution in [0, 0.1) is 6.92 Å². The monoisotopic (exact) mass is 236 g/mol. The molecule has 0 spiro atoms. The lowest BCUT2D eigenvalue weighted by Gasteiger charge is -2.29. The Balaban J connectivity index is 3.27. The van der Waals surface area contributed by atoms with Crippen LogP contribution >= 0.6 is 0 Å². The molecule has 0 aliphatic rings. The highest BCUT2D eigenvalue weighted by Crippen LogP contribution is 2.23. The minimum Gasteiger partial charge on any atom is -0.478 e. The maximum Gasteiger partial charge on any atom is 0.339 e. The van der Waals surface area contributed by atoms with Gasteiger partial charge in [-0.1, -0.05) is 6.92 Å². The van der Waals surface area contributed by atoms with Crippen LogP contribution in [0.1, 0.15) is 43.1 Å². The average Bonchev–Trinajstić information content (AvgIpc) is 2.24. The fourth-order valence-electron chi connectivity index (χ4n) is 1.88. The van der Waals surface area contributed by atoms with E-state index in [1.54, 1.807) is 19.2 Å². The number of anilines is 1. The van der Waals surface area contributed by atoms with Gasteiger partial charge >= 0.3 is 5.97 Å². The van der Waals surface area contributed by atoms with Crippen LogP contribution in [-0.4, -0.2) is 28.6 Å². The Labute approximate surface area is 102 Å². The molecule has 0 aliphatic carbocycles. The van der Waals surface area contributed by atoms with Crippen LogP contribution in [0.15, 0.2) is 12.3 Å². The van der Waals surface area contributed by atoms with E-state index >= 15 is 0 Å². The van der Waals surface area contributed by atoms with E-state index in [0.29, 0.717) is 11.4 Å². The predicted molar refractivity (Wildman–Crippen MR) is 68.7 cm³/mol. The summed E-state index contributed by atoms with van der Waals surface area (Å²) in [7, 11) is 0. The molecule has 0 radical (unpaired) electrons. The zero-order valence-electron chi connectivity index (χ0n) is 10.9. The maximum atomic E-state index is 11.3. The highest BCUT2D eigenvalue weighted by Gasteiger charge is 2.20. The topological polar surface area (TPSA) is 53.4 Å². The summed E-state index contributed by atoms with van der Waals surface area (Å²) in [6.07, 6.45) is 2.63. The van der Waals surface area contributed by atoms with Gasteiger partial charge in [-0.05, 0) is 38.8 Å². The molecule has 1 heterocycles. The van der Waals surface area contributed by atoms with Gasteiger partial charge in [0.1, 0.15) is 11.4 Å². The third-order valence-electron chi connectivity index (χ3n) is 2.71. The van der Waals surface area contributed by atoms with Crippen LogP contribution in [0.5, 0.6) is 0 Å². The molecule has 17 heavy (non-hydrogen) atoms. The molecule has 0 bridgehead atoms. The number of aromatic carboxylic acids is 1. The Morgan fingerprint density at radius 1 is 1.53 bits per heavy atom. The number of aromatic nitrogens is 1. The van der Waals surface area contributed by atoms with Gasteiger partial charge in [0, 0.05) is 18.8 Å². The van der Waals surface area contributed by atoms with Crippen molar-refractivity contribution in [3.05, 3.63) is 23.4 Å². The molecular weight excluding hydrogens is 216 g/mol. The lowest BCUT2D eigenvalue weighted by Crippen LogP contribution is -2.33. The molecule has 0 aromatic carbocycles. The lowest BCUT2D eigenvalue weighted by atomic mass is 10.1. The highest BCUT2D eigenvalue weighted by molar-refractivity contribution is 5.95. The summed E-state index contributed by atoms with van der Waals surface area (Å²) in [5.41, 5.74) is 1.07. The molecule has 4 nitrogen and oxygen atoms in total. The third-order valence-corrected chi connectivity index (χ3v) is 2.71. The van der Waals surface area contributed by atoms with Gasteiger partial charge in [-0.25, -0.2) is 9.78 Å². The number of nitrogens with zero attached hydrogens (tertiary/aromatic N) is 2. The van der Waals surface area contributed by atoms with Gasteiger partial charge in [0.05, 0.1) is 0 Å². The van der Waals surface area contributed by atoms with Crippen molar-refractivity contribution < 1.29 is 9.90 Å². The Kier molecular flexibility index (Phi) is 4.49. The van der Waals surface area contributed by atoms with Crippen molar-refractivity contribution in [2.75, 3.05) is 11.4 Å². The third kappa shape index (κ3) is 2.96. The molecule has 1 N–H and O–H groups in total. The van der Waals surface area contributed by atoms with Gasteiger partial charge < -0.3 is 10.0 Å². The zero-order chi connectivity index (χ0) is 13.0. The summed E-state index contributed by atoms with van der Waals surface area (Å²) < 4.78 is 0. The molecule has 0 amide bonds. The summed E-state index contributed by atoms with van der Waals surface area (Å²) in [5.74, 6) is -0.332. The van der Waals surface area contributed by atoms with Gasteiger partial charge in [0.15, 0.2) is 0 Å². The fourth-order valence-corrected chi connectivity index (χ4v) is 1.88. The Morgan fingerprint density at radius 3 is 2.65 bits per heavy atom. The second kappa shape index (κ2) is 5.66. The molecule has 0 saturated heterocycles. The van der Waals surface area contributed by atoms with E-state index in [9.17, 15) is 9.90 Å². The van der Waals surface area contributed by atoms with Crippen LogP contribution in [0.4, 0.5) is 5.82 Å². The number of hydrogen-bond donors (Lipinski definition) is 1. The first-order valence-electron chi connectivity index (χ1n) is 5.94. The van der Waals surface area contributed by atoms with Crippen LogP contribution < -0.4 is 4.90 Å². The average molecular weight is 236 g/mol. The first-order chi connectivity index (χ1) is 7.99. The van der Waals surface area contributed by atoms with Gasteiger partial charge in [-0.3, -0.25) is 0 Å². The van der Waals surface area contributed by atoms with Gasteiger partial charge in [0.25, 0.3) is 0 Å². The number of carboxylic acid groups (broad SMARTS) is 1. The van der Waals surface area contributed by atoms with E-state index in [4.69, 9.17) is 0 Å². The molecule has 94 valence electrons.